The standard InChI is InChI=1S/C19H21N5/c1-13(2)14-11-18(23-9-7-21-8-10-23)24-17-6-4-3-5-16(17)22-19(24)15(14)12-20/h3-6,11,13,21H,7-10H2,1-2H3. The number of anilines is 1. The van der Waals surface area contributed by atoms with Gasteiger partial charge in [-0.15, -0.1) is 0 Å². The van der Waals surface area contributed by atoms with Crippen LogP contribution in [0.4, 0.5) is 5.82 Å². The normalized spacial score (nSPS) is 15.3. The molecule has 5 heteroatoms. The van der Waals surface area contributed by atoms with E-state index in [0.717, 1.165) is 54.2 Å². The summed E-state index contributed by atoms with van der Waals surface area (Å²) in [6.07, 6.45) is 0. The SMILES string of the molecule is CC(C)c1cc(N2CCNCC2)n2c(nc3ccccc32)c1C#N. The van der Waals surface area contributed by atoms with Crippen molar-refractivity contribution in [1.82, 2.24) is 14.7 Å². The van der Waals surface area contributed by atoms with Crippen molar-refractivity contribution in [3.8, 4) is 6.07 Å². The molecule has 0 atom stereocenters. The van der Waals surface area contributed by atoms with Crippen LogP contribution in [0.15, 0.2) is 30.3 Å². The van der Waals surface area contributed by atoms with Gasteiger partial charge in [-0.25, -0.2) is 4.98 Å². The molecule has 0 unspecified atom stereocenters. The first kappa shape index (κ1) is 15.0. The summed E-state index contributed by atoms with van der Waals surface area (Å²) in [7, 11) is 0. The Morgan fingerprint density at radius 1 is 1.21 bits per heavy atom. The summed E-state index contributed by atoms with van der Waals surface area (Å²) in [6, 6.07) is 12.7. The summed E-state index contributed by atoms with van der Waals surface area (Å²) in [6.45, 7) is 8.15. The number of fused-ring (bicyclic) bond motifs is 3. The van der Waals surface area contributed by atoms with Gasteiger partial charge in [0.25, 0.3) is 0 Å². The molecule has 1 aliphatic heterocycles. The maximum Gasteiger partial charge on any atom is 0.157 e. The number of benzene rings is 1. The molecule has 0 radical (unpaired) electrons. The monoisotopic (exact) mass is 319 g/mol. The number of imidazole rings is 1. The minimum atomic E-state index is 0.283. The van der Waals surface area contributed by atoms with Crippen molar-refractivity contribution in [2.45, 2.75) is 19.8 Å². The molecular weight excluding hydrogens is 298 g/mol. The van der Waals surface area contributed by atoms with Gasteiger partial charge in [0.1, 0.15) is 11.9 Å². The molecule has 0 bridgehead atoms. The van der Waals surface area contributed by atoms with E-state index in [1.54, 1.807) is 0 Å². The first-order valence-corrected chi connectivity index (χ1v) is 8.50. The van der Waals surface area contributed by atoms with E-state index < -0.39 is 0 Å². The van der Waals surface area contributed by atoms with Crippen molar-refractivity contribution in [1.29, 1.82) is 5.26 Å². The molecule has 122 valence electrons. The number of aromatic nitrogens is 2. The van der Waals surface area contributed by atoms with E-state index in [1.165, 1.54) is 0 Å². The Labute approximate surface area is 141 Å². The minimum Gasteiger partial charge on any atom is -0.355 e. The molecule has 0 saturated carbocycles. The van der Waals surface area contributed by atoms with Crippen LogP contribution in [-0.2, 0) is 0 Å². The third-order valence-corrected chi connectivity index (χ3v) is 4.76. The van der Waals surface area contributed by atoms with E-state index in [9.17, 15) is 5.26 Å². The van der Waals surface area contributed by atoms with Crippen LogP contribution in [0.3, 0.4) is 0 Å². The predicted octanol–water partition coefficient (Wildman–Crippen LogP) is 2.89. The average molecular weight is 319 g/mol. The van der Waals surface area contributed by atoms with Crippen molar-refractivity contribution >= 4 is 22.5 Å². The van der Waals surface area contributed by atoms with Gasteiger partial charge in [0.05, 0.1) is 16.6 Å². The van der Waals surface area contributed by atoms with E-state index in [0.29, 0.717) is 5.56 Å². The molecule has 0 aliphatic carbocycles. The highest BCUT2D eigenvalue weighted by Gasteiger charge is 2.22. The van der Waals surface area contributed by atoms with Crippen LogP contribution in [0.1, 0.15) is 30.9 Å². The predicted molar refractivity (Wildman–Crippen MR) is 96.6 cm³/mol. The molecule has 1 aromatic carbocycles. The summed E-state index contributed by atoms with van der Waals surface area (Å²) < 4.78 is 2.16. The van der Waals surface area contributed by atoms with Crippen molar-refractivity contribution in [2.75, 3.05) is 31.1 Å². The van der Waals surface area contributed by atoms with Gasteiger partial charge < -0.3 is 10.2 Å². The van der Waals surface area contributed by atoms with Gasteiger partial charge in [-0.05, 0) is 29.7 Å². The lowest BCUT2D eigenvalue weighted by Crippen LogP contribution is -2.44. The molecule has 3 aromatic rings. The lowest BCUT2D eigenvalue weighted by atomic mass is 9.98. The van der Waals surface area contributed by atoms with Crippen LogP contribution in [0, 0.1) is 11.3 Å². The smallest absolute Gasteiger partial charge is 0.157 e. The minimum absolute atomic E-state index is 0.283. The Hall–Kier alpha value is -2.58. The molecule has 1 fully saturated rings. The lowest BCUT2D eigenvalue weighted by molar-refractivity contribution is 0.583. The van der Waals surface area contributed by atoms with Gasteiger partial charge in [-0.1, -0.05) is 26.0 Å². The summed E-state index contributed by atoms with van der Waals surface area (Å²) in [5.74, 6) is 1.43. The third-order valence-electron chi connectivity index (χ3n) is 4.76. The number of hydrogen-bond donors (Lipinski definition) is 1. The number of pyridine rings is 1. The number of nitrogens with zero attached hydrogens (tertiary/aromatic N) is 4. The van der Waals surface area contributed by atoms with Crippen LogP contribution in [-0.4, -0.2) is 35.6 Å². The molecule has 1 N–H and O–H groups in total. The Bertz CT molecular complexity index is 942. The van der Waals surface area contributed by atoms with Gasteiger partial charge in [0, 0.05) is 26.2 Å². The lowest BCUT2D eigenvalue weighted by Gasteiger charge is -2.31. The van der Waals surface area contributed by atoms with Crippen molar-refractivity contribution in [2.24, 2.45) is 0 Å². The molecule has 0 spiro atoms. The number of piperazine rings is 1. The molecule has 5 nitrogen and oxygen atoms in total. The second-order valence-electron chi connectivity index (χ2n) is 6.60. The van der Waals surface area contributed by atoms with E-state index >= 15 is 0 Å². The highest BCUT2D eigenvalue weighted by Crippen LogP contribution is 2.32. The van der Waals surface area contributed by atoms with Crippen LogP contribution in [0.25, 0.3) is 16.7 Å². The molecule has 1 aliphatic rings. The Balaban J connectivity index is 2.10. The largest absolute Gasteiger partial charge is 0.355 e. The fourth-order valence-electron chi connectivity index (χ4n) is 3.53. The maximum atomic E-state index is 9.76. The highest BCUT2D eigenvalue weighted by atomic mass is 15.3. The highest BCUT2D eigenvalue weighted by molar-refractivity contribution is 5.85. The summed E-state index contributed by atoms with van der Waals surface area (Å²) in [4.78, 5) is 7.18. The van der Waals surface area contributed by atoms with E-state index in [1.807, 2.05) is 18.2 Å². The molecule has 0 amide bonds. The third kappa shape index (κ3) is 2.22. The number of nitriles is 1. The van der Waals surface area contributed by atoms with Gasteiger partial charge in [-0.2, -0.15) is 5.26 Å². The van der Waals surface area contributed by atoms with Gasteiger partial charge >= 0.3 is 0 Å². The summed E-state index contributed by atoms with van der Waals surface area (Å²) in [5, 5.41) is 13.2. The van der Waals surface area contributed by atoms with Crippen LogP contribution in [0.2, 0.25) is 0 Å². The van der Waals surface area contributed by atoms with Gasteiger partial charge in [-0.3, -0.25) is 4.40 Å². The second kappa shape index (κ2) is 5.81. The van der Waals surface area contributed by atoms with E-state index in [-0.39, 0.29) is 5.92 Å². The van der Waals surface area contributed by atoms with Crippen molar-refractivity contribution < 1.29 is 0 Å². The zero-order chi connectivity index (χ0) is 16.7. The molecule has 3 heterocycles. The number of hydrogen-bond acceptors (Lipinski definition) is 4. The topological polar surface area (TPSA) is 56.4 Å². The molecule has 4 rings (SSSR count). The average Bonchev–Trinajstić information content (AvgIpc) is 3.00. The van der Waals surface area contributed by atoms with Gasteiger partial charge in [0.15, 0.2) is 5.65 Å². The van der Waals surface area contributed by atoms with Gasteiger partial charge in [0.2, 0.25) is 0 Å². The fraction of sp³-hybridized carbons (Fsp3) is 0.368. The zero-order valence-corrected chi connectivity index (χ0v) is 14.1. The first-order valence-electron chi connectivity index (χ1n) is 8.50. The number of rotatable bonds is 2. The summed E-state index contributed by atoms with van der Waals surface area (Å²) >= 11 is 0. The Morgan fingerprint density at radius 2 is 1.96 bits per heavy atom. The Kier molecular flexibility index (Phi) is 3.62. The number of nitrogens with one attached hydrogen (secondary N) is 1. The van der Waals surface area contributed by atoms with E-state index in [4.69, 9.17) is 4.98 Å². The molecule has 24 heavy (non-hydrogen) atoms. The molecule has 2 aromatic heterocycles. The fourth-order valence-corrected chi connectivity index (χ4v) is 3.53. The van der Waals surface area contributed by atoms with Crippen molar-refractivity contribution in [3.63, 3.8) is 0 Å². The zero-order valence-electron chi connectivity index (χ0n) is 14.1. The maximum absolute atomic E-state index is 9.76. The number of para-hydroxylation sites is 2. The van der Waals surface area contributed by atoms with E-state index in [2.05, 4.69) is 46.7 Å². The summed E-state index contributed by atoms with van der Waals surface area (Å²) in [5.41, 5.74) is 4.55. The first-order chi connectivity index (χ1) is 11.7. The molecule has 1 saturated heterocycles. The molecular formula is C19H21N5. The van der Waals surface area contributed by atoms with Crippen LogP contribution in [0.5, 0.6) is 0 Å². The second-order valence-corrected chi connectivity index (χ2v) is 6.60. The van der Waals surface area contributed by atoms with Crippen molar-refractivity contribution in [3.05, 3.63) is 41.5 Å². The Morgan fingerprint density at radius 3 is 2.67 bits per heavy atom. The van der Waals surface area contributed by atoms with Crippen LogP contribution >= 0.6 is 0 Å². The quantitative estimate of drug-likeness (QED) is 0.789. The van der Waals surface area contributed by atoms with Crippen LogP contribution < -0.4 is 10.2 Å².